The van der Waals surface area contributed by atoms with Crippen LogP contribution in [0, 0.1) is 6.92 Å². The lowest BCUT2D eigenvalue weighted by molar-refractivity contribution is -0.361. The average molecular weight is 832 g/mol. The maximum atomic E-state index is 12.4. The van der Waals surface area contributed by atoms with Gasteiger partial charge < -0.3 is 43.0 Å². The van der Waals surface area contributed by atoms with Crippen molar-refractivity contribution in [3.8, 4) is 0 Å². The number of azide groups is 1. The molecule has 0 spiro atoms. The summed E-state index contributed by atoms with van der Waals surface area (Å²) in [4.78, 5) is 4.18. The van der Waals surface area contributed by atoms with Crippen LogP contribution < -0.4 is 0 Å². The molecular formula is C47H49N3O9S. The van der Waals surface area contributed by atoms with Gasteiger partial charge in [-0.25, -0.2) is 0 Å². The molecule has 11 atom stereocenters. The Bertz CT molecular complexity index is 2100. The summed E-state index contributed by atoms with van der Waals surface area (Å²) < 4.78 is 52.7. The summed E-state index contributed by atoms with van der Waals surface area (Å²) >= 11 is 1.42. The average Bonchev–Trinajstić information content (AvgIpc) is 3.29. The van der Waals surface area contributed by atoms with Crippen LogP contribution in [0.5, 0.6) is 0 Å². The molecule has 0 unspecified atom stereocenters. The predicted octanol–water partition coefficient (Wildman–Crippen LogP) is 8.46. The molecule has 60 heavy (non-hydrogen) atoms. The van der Waals surface area contributed by atoms with Gasteiger partial charge in [-0.1, -0.05) is 156 Å². The number of fused-ring (bicyclic) bond motifs is 1. The van der Waals surface area contributed by atoms with Gasteiger partial charge in [-0.05, 0) is 41.3 Å². The van der Waals surface area contributed by atoms with E-state index in [4.69, 9.17) is 37.9 Å². The van der Waals surface area contributed by atoms with Crippen molar-refractivity contribution < 1.29 is 43.0 Å². The molecule has 312 valence electrons. The number of thioether (sulfide) groups is 1. The maximum absolute atomic E-state index is 12.4. The Morgan fingerprint density at radius 2 is 1.28 bits per heavy atom. The van der Waals surface area contributed by atoms with Crippen LogP contribution in [0.4, 0.5) is 0 Å². The van der Waals surface area contributed by atoms with Crippen LogP contribution in [-0.2, 0) is 57.7 Å². The van der Waals surface area contributed by atoms with E-state index in [2.05, 4.69) is 10.0 Å². The van der Waals surface area contributed by atoms with Crippen LogP contribution in [-0.4, -0.2) is 78.8 Å². The van der Waals surface area contributed by atoms with Crippen molar-refractivity contribution >= 4 is 11.8 Å². The standard InChI is InChI=1S/C47H49N3O9S/c1-31-22-24-36(25-23-31)60-47-39(49-50-48)43(42-38(57-47)30-55-45(58-42)35-20-12-5-13-21-35)59-46-40(51)44(54-28-34-18-10-4-11-19-34)41(53-27-33-16-8-3-9-17-33)37(56-46)29-52-26-32-14-6-2-7-15-32/h2-25,37-47,51H,26-30H2,1H3/t37-,38-,39-,40-,41+,42+,43-,44-,45+,46+,47+/m1/s1. The van der Waals surface area contributed by atoms with Crippen LogP contribution in [0.3, 0.4) is 0 Å². The molecule has 0 aliphatic carbocycles. The van der Waals surface area contributed by atoms with Gasteiger partial charge in [0.1, 0.15) is 54.2 Å². The number of hydrogen-bond donors (Lipinski definition) is 1. The zero-order valence-electron chi connectivity index (χ0n) is 33.2. The molecule has 13 heteroatoms. The number of nitrogens with zero attached hydrogens (tertiary/aromatic N) is 3. The Balaban J connectivity index is 1.12. The molecule has 0 amide bonds. The highest BCUT2D eigenvalue weighted by Crippen LogP contribution is 2.43. The zero-order valence-corrected chi connectivity index (χ0v) is 34.0. The Labute approximate surface area is 354 Å². The molecule has 8 rings (SSSR count). The van der Waals surface area contributed by atoms with E-state index < -0.39 is 66.8 Å². The summed E-state index contributed by atoms with van der Waals surface area (Å²) in [7, 11) is 0. The van der Waals surface area contributed by atoms with Gasteiger partial charge in [-0.3, -0.25) is 0 Å². The van der Waals surface area contributed by atoms with Gasteiger partial charge in [0.2, 0.25) is 0 Å². The van der Waals surface area contributed by atoms with E-state index in [9.17, 15) is 10.6 Å². The molecule has 3 fully saturated rings. The Morgan fingerprint density at radius 1 is 0.700 bits per heavy atom. The number of rotatable bonds is 16. The lowest BCUT2D eigenvalue weighted by atomic mass is 9.95. The predicted molar refractivity (Wildman–Crippen MR) is 224 cm³/mol. The minimum absolute atomic E-state index is 0.0953. The van der Waals surface area contributed by atoms with Crippen molar-refractivity contribution in [3.05, 3.63) is 184 Å². The van der Waals surface area contributed by atoms with E-state index in [0.29, 0.717) is 6.61 Å². The molecule has 0 bridgehead atoms. The number of benzene rings is 5. The second kappa shape index (κ2) is 20.8. The van der Waals surface area contributed by atoms with Crippen LogP contribution in [0.1, 0.15) is 34.1 Å². The van der Waals surface area contributed by atoms with Crippen molar-refractivity contribution in [2.24, 2.45) is 5.11 Å². The summed E-state index contributed by atoms with van der Waals surface area (Å²) in [6.45, 7) is 3.05. The second-order valence-electron chi connectivity index (χ2n) is 15.0. The molecular weight excluding hydrogens is 783 g/mol. The van der Waals surface area contributed by atoms with Gasteiger partial charge in [-0.2, -0.15) is 0 Å². The first-order valence-electron chi connectivity index (χ1n) is 20.2. The molecule has 3 heterocycles. The molecule has 0 radical (unpaired) electrons. The summed E-state index contributed by atoms with van der Waals surface area (Å²) in [5.74, 6) is 0. The van der Waals surface area contributed by atoms with Gasteiger partial charge in [0.15, 0.2) is 12.6 Å². The largest absolute Gasteiger partial charge is 0.385 e. The van der Waals surface area contributed by atoms with Crippen molar-refractivity contribution in [3.63, 3.8) is 0 Å². The maximum Gasteiger partial charge on any atom is 0.187 e. The highest BCUT2D eigenvalue weighted by molar-refractivity contribution is 7.99. The van der Waals surface area contributed by atoms with Crippen molar-refractivity contribution in [1.82, 2.24) is 0 Å². The summed E-state index contributed by atoms with van der Waals surface area (Å²) in [5.41, 5.74) is 14.1. The van der Waals surface area contributed by atoms with E-state index in [1.54, 1.807) is 0 Å². The molecule has 12 nitrogen and oxygen atoms in total. The van der Waals surface area contributed by atoms with Crippen molar-refractivity contribution in [1.29, 1.82) is 0 Å². The monoisotopic (exact) mass is 831 g/mol. The fraction of sp³-hybridized carbons (Fsp3) is 0.362. The topological polar surface area (TPSA) is 143 Å². The summed E-state index contributed by atoms with van der Waals surface area (Å²) in [6, 6.07) is 46.1. The number of hydrogen-bond acceptors (Lipinski definition) is 11. The smallest absolute Gasteiger partial charge is 0.187 e. The van der Waals surface area contributed by atoms with Crippen molar-refractivity contribution in [2.75, 3.05) is 13.2 Å². The fourth-order valence-electron chi connectivity index (χ4n) is 7.61. The number of aliphatic hydroxyl groups is 1. The third-order valence-electron chi connectivity index (χ3n) is 10.7. The molecule has 3 saturated heterocycles. The van der Waals surface area contributed by atoms with E-state index in [0.717, 1.165) is 32.7 Å². The fourth-order valence-corrected chi connectivity index (χ4v) is 8.72. The second-order valence-corrected chi connectivity index (χ2v) is 16.2. The summed E-state index contributed by atoms with van der Waals surface area (Å²) in [5, 5.41) is 16.7. The Kier molecular flexibility index (Phi) is 14.6. The lowest BCUT2D eigenvalue weighted by Crippen LogP contribution is -2.65. The quantitative estimate of drug-likeness (QED) is 0.0585. The van der Waals surface area contributed by atoms with Gasteiger partial charge in [0.25, 0.3) is 0 Å². The van der Waals surface area contributed by atoms with Crippen LogP contribution in [0.15, 0.2) is 156 Å². The first-order chi connectivity index (χ1) is 29.5. The minimum atomic E-state index is -1.36. The third kappa shape index (κ3) is 10.6. The minimum Gasteiger partial charge on any atom is -0.385 e. The van der Waals surface area contributed by atoms with E-state index in [-0.39, 0.29) is 26.4 Å². The molecule has 5 aromatic rings. The van der Waals surface area contributed by atoms with Gasteiger partial charge in [0.05, 0.1) is 33.0 Å². The first kappa shape index (κ1) is 42.1. The summed E-state index contributed by atoms with van der Waals surface area (Å²) in [6.07, 6.45) is -8.22. The first-order valence-corrected chi connectivity index (χ1v) is 21.1. The van der Waals surface area contributed by atoms with Gasteiger partial charge >= 0.3 is 0 Å². The number of ether oxygens (including phenoxy) is 8. The molecule has 5 aromatic carbocycles. The lowest BCUT2D eigenvalue weighted by Gasteiger charge is -2.50. The number of aryl methyl sites for hydroxylation is 1. The van der Waals surface area contributed by atoms with Crippen LogP contribution in [0.25, 0.3) is 10.4 Å². The zero-order chi connectivity index (χ0) is 41.1. The Morgan fingerprint density at radius 3 is 1.90 bits per heavy atom. The van der Waals surface area contributed by atoms with E-state index in [1.807, 2.05) is 153 Å². The van der Waals surface area contributed by atoms with E-state index >= 15 is 0 Å². The highest BCUT2D eigenvalue weighted by Gasteiger charge is 2.55. The third-order valence-corrected chi connectivity index (χ3v) is 11.9. The molecule has 3 aliphatic heterocycles. The SMILES string of the molecule is Cc1ccc(S[C@@H]2O[C@@H]3CO[C@H](c4ccccc4)O[C@@H]3[C@H](O[C@@H]3O[C@H](COCc4ccccc4)[C@H](OCc4ccccc4)[C@H](OCc4ccccc4)[C@H]3O)[C@H]2N=[N+]=[N-])cc1. The molecule has 1 N–H and O–H groups in total. The molecule has 3 aliphatic rings. The Hall–Kier alpha value is -4.60. The van der Waals surface area contributed by atoms with Crippen LogP contribution in [0.2, 0.25) is 0 Å². The van der Waals surface area contributed by atoms with Gasteiger partial charge in [0, 0.05) is 15.4 Å². The normalized spacial score (nSPS) is 28.9. The molecule has 0 aromatic heterocycles. The van der Waals surface area contributed by atoms with Crippen LogP contribution >= 0.6 is 11.8 Å². The molecule has 0 saturated carbocycles. The van der Waals surface area contributed by atoms with Crippen molar-refractivity contribution in [2.45, 2.75) is 98.4 Å². The number of aliphatic hydroxyl groups excluding tert-OH is 1. The highest BCUT2D eigenvalue weighted by atomic mass is 32.2. The van der Waals surface area contributed by atoms with E-state index in [1.165, 1.54) is 11.8 Å². The van der Waals surface area contributed by atoms with Gasteiger partial charge in [-0.15, -0.1) is 0 Å².